The van der Waals surface area contributed by atoms with Crippen LogP contribution in [-0.4, -0.2) is 16.0 Å². The number of aliphatic hydroxyl groups excluding tert-OH is 1. The van der Waals surface area contributed by atoms with Gasteiger partial charge in [-0.1, -0.05) is 29.8 Å². The van der Waals surface area contributed by atoms with Crippen LogP contribution in [0.3, 0.4) is 0 Å². The number of benzene rings is 2. The summed E-state index contributed by atoms with van der Waals surface area (Å²) in [5.41, 5.74) is 1.36. The summed E-state index contributed by atoms with van der Waals surface area (Å²) in [6, 6.07) is 11.4. The number of ketones is 1. The van der Waals surface area contributed by atoms with Crippen molar-refractivity contribution < 1.29 is 15.0 Å². The van der Waals surface area contributed by atoms with E-state index in [9.17, 15) is 15.0 Å². The normalized spacial score (nSPS) is 11.4. The van der Waals surface area contributed by atoms with Gasteiger partial charge in [-0.05, 0) is 36.8 Å². The number of phenols is 1. The molecule has 0 fully saturated rings. The first-order valence-corrected chi connectivity index (χ1v) is 6.36. The van der Waals surface area contributed by atoms with Crippen LogP contribution in [0, 0.1) is 6.92 Å². The lowest BCUT2D eigenvalue weighted by Crippen LogP contribution is -1.97. The Kier molecular flexibility index (Phi) is 4.11. The van der Waals surface area contributed by atoms with Gasteiger partial charge in [0.15, 0.2) is 5.78 Å². The summed E-state index contributed by atoms with van der Waals surface area (Å²) >= 11 is 5.92. The number of halogens is 1. The van der Waals surface area contributed by atoms with Crippen molar-refractivity contribution in [2.75, 3.05) is 0 Å². The van der Waals surface area contributed by atoms with Gasteiger partial charge >= 0.3 is 0 Å². The van der Waals surface area contributed by atoms with E-state index in [4.69, 9.17) is 11.6 Å². The van der Waals surface area contributed by atoms with Crippen LogP contribution in [0.2, 0.25) is 5.02 Å². The lowest BCUT2D eigenvalue weighted by atomic mass is 10.1. The van der Waals surface area contributed by atoms with E-state index in [-0.39, 0.29) is 17.1 Å². The number of rotatable bonds is 3. The molecule has 0 aliphatic carbocycles. The third kappa shape index (κ3) is 3.00. The van der Waals surface area contributed by atoms with Crippen LogP contribution in [0.15, 0.2) is 48.5 Å². The number of aromatic hydroxyl groups is 1. The summed E-state index contributed by atoms with van der Waals surface area (Å²) in [7, 11) is 0. The molecule has 2 aromatic rings. The average molecular weight is 289 g/mol. The molecule has 0 aliphatic rings. The maximum atomic E-state index is 12.0. The highest BCUT2D eigenvalue weighted by atomic mass is 35.5. The van der Waals surface area contributed by atoms with E-state index in [1.165, 1.54) is 6.07 Å². The molecule has 0 heterocycles. The number of aryl methyl sites for hydroxylation is 1. The van der Waals surface area contributed by atoms with Crippen LogP contribution >= 0.6 is 11.6 Å². The van der Waals surface area contributed by atoms with Crippen molar-refractivity contribution in [3.8, 4) is 5.75 Å². The second-order valence-electron chi connectivity index (χ2n) is 4.39. The molecule has 102 valence electrons. The highest BCUT2D eigenvalue weighted by Crippen LogP contribution is 2.25. The van der Waals surface area contributed by atoms with E-state index in [1.54, 1.807) is 36.4 Å². The molecule has 0 amide bonds. The minimum Gasteiger partial charge on any atom is -0.507 e. The SMILES string of the molecule is Cc1ccc(C(O)=CC(=O)c2ccccc2Cl)c(O)c1. The van der Waals surface area contributed by atoms with Crippen molar-refractivity contribution in [2.24, 2.45) is 0 Å². The van der Waals surface area contributed by atoms with Crippen molar-refractivity contribution in [1.82, 2.24) is 0 Å². The van der Waals surface area contributed by atoms with E-state index in [0.717, 1.165) is 11.6 Å². The quantitative estimate of drug-likeness (QED) is 0.507. The van der Waals surface area contributed by atoms with Crippen molar-refractivity contribution in [2.45, 2.75) is 6.92 Å². The fourth-order valence-electron chi connectivity index (χ4n) is 1.80. The largest absolute Gasteiger partial charge is 0.507 e. The standard InChI is InChI=1S/C16H13ClO3/c1-10-6-7-12(14(18)8-10)16(20)9-15(19)11-4-2-3-5-13(11)17/h2-9,18,20H,1H3. The average Bonchev–Trinajstić information content (AvgIpc) is 2.38. The molecule has 0 unspecified atom stereocenters. The Balaban J connectivity index is 2.35. The molecule has 0 aliphatic heterocycles. The van der Waals surface area contributed by atoms with Gasteiger partial charge in [0.2, 0.25) is 0 Å². The van der Waals surface area contributed by atoms with Crippen molar-refractivity contribution in [1.29, 1.82) is 0 Å². The summed E-state index contributed by atoms with van der Waals surface area (Å²) < 4.78 is 0. The number of aliphatic hydroxyl groups is 1. The second-order valence-corrected chi connectivity index (χ2v) is 4.80. The molecule has 0 spiro atoms. The smallest absolute Gasteiger partial charge is 0.191 e. The molecule has 0 atom stereocenters. The van der Waals surface area contributed by atoms with Crippen LogP contribution in [0.25, 0.3) is 5.76 Å². The summed E-state index contributed by atoms with van der Waals surface area (Å²) in [4.78, 5) is 12.0. The molecule has 2 N–H and O–H groups in total. The van der Waals surface area contributed by atoms with E-state index < -0.39 is 5.78 Å². The summed E-state index contributed by atoms with van der Waals surface area (Å²) in [6.45, 7) is 1.82. The van der Waals surface area contributed by atoms with Crippen molar-refractivity contribution >= 4 is 23.1 Å². The van der Waals surface area contributed by atoms with Gasteiger partial charge in [0.25, 0.3) is 0 Å². The van der Waals surface area contributed by atoms with Crippen LogP contribution < -0.4 is 0 Å². The Morgan fingerprint density at radius 1 is 1.15 bits per heavy atom. The van der Waals surface area contributed by atoms with Gasteiger partial charge in [0.1, 0.15) is 11.5 Å². The van der Waals surface area contributed by atoms with Gasteiger partial charge in [0, 0.05) is 11.6 Å². The molecule has 2 rings (SSSR count). The first kappa shape index (κ1) is 14.2. The number of allylic oxidation sites excluding steroid dienone is 1. The topological polar surface area (TPSA) is 57.5 Å². The van der Waals surface area contributed by atoms with Crippen LogP contribution in [0.5, 0.6) is 5.75 Å². The first-order chi connectivity index (χ1) is 9.49. The maximum absolute atomic E-state index is 12.0. The van der Waals surface area contributed by atoms with Gasteiger partial charge in [-0.3, -0.25) is 4.79 Å². The number of phenolic OH excluding ortho intramolecular Hbond substituents is 1. The zero-order valence-electron chi connectivity index (χ0n) is 10.8. The van der Waals surface area contributed by atoms with Crippen molar-refractivity contribution in [3.05, 3.63) is 70.3 Å². The first-order valence-electron chi connectivity index (χ1n) is 5.98. The fourth-order valence-corrected chi connectivity index (χ4v) is 2.03. The molecule has 20 heavy (non-hydrogen) atoms. The van der Waals surface area contributed by atoms with Crippen LogP contribution in [-0.2, 0) is 0 Å². The summed E-state index contributed by atoms with van der Waals surface area (Å²) in [5.74, 6) is -0.800. The molecule has 0 bridgehead atoms. The monoisotopic (exact) mass is 288 g/mol. The third-order valence-electron chi connectivity index (χ3n) is 2.84. The second kappa shape index (κ2) is 5.80. The van der Waals surface area contributed by atoms with E-state index in [0.29, 0.717) is 10.6 Å². The Labute approximate surface area is 121 Å². The number of carbonyl (C=O) groups is 1. The van der Waals surface area contributed by atoms with Gasteiger partial charge in [-0.15, -0.1) is 0 Å². The van der Waals surface area contributed by atoms with E-state index in [1.807, 2.05) is 6.92 Å². The lowest BCUT2D eigenvalue weighted by molar-refractivity contribution is 0.104. The Morgan fingerprint density at radius 3 is 2.50 bits per heavy atom. The molecular formula is C16H13ClO3. The third-order valence-corrected chi connectivity index (χ3v) is 3.17. The molecule has 3 nitrogen and oxygen atoms in total. The summed E-state index contributed by atoms with van der Waals surface area (Å²) in [6.07, 6.45) is 1.05. The number of carbonyl (C=O) groups excluding carboxylic acids is 1. The zero-order chi connectivity index (χ0) is 14.7. The molecule has 4 heteroatoms. The minimum atomic E-state index is -0.423. The van der Waals surface area contributed by atoms with Crippen LogP contribution in [0.1, 0.15) is 21.5 Å². The Bertz CT molecular complexity index is 690. The predicted octanol–water partition coefficient (Wildman–Crippen LogP) is 4.14. The Morgan fingerprint density at radius 2 is 1.85 bits per heavy atom. The number of hydrogen-bond acceptors (Lipinski definition) is 3. The molecular weight excluding hydrogens is 276 g/mol. The van der Waals surface area contributed by atoms with E-state index >= 15 is 0 Å². The Hall–Kier alpha value is -2.26. The zero-order valence-corrected chi connectivity index (χ0v) is 11.6. The van der Waals surface area contributed by atoms with E-state index in [2.05, 4.69) is 0 Å². The highest BCUT2D eigenvalue weighted by molar-refractivity contribution is 6.34. The van der Waals surface area contributed by atoms with Gasteiger partial charge in [0.05, 0.1) is 10.6 Å². The molecule has 0 saturated heterocycles. The van der Waals surface area contributed by atoms with Gasteiger partial charge < -0.3 is 10.2 Å². The maximum Gasteiger partial charge on any atom is 0.191 e. The highest BCUT2D eigenvalue weighted by Gasteiger charge is 2.11. The van der Waals surface area contributed by atoms with Gasteiger partial charge in [-0.25, -0.2) is 0 Å². The number of hydrogen-bond donors (Lipinski definition) is 2. The van der Waals surface area contributed by atoms with Crippen molar-refractivity contribution in [3.63, 3.8) is 0 Å². The minimum absolute atomic E-state index is 0.0780. The van der Waals surface area contributed by atoms with Gasteiger partial charge in [-0.2, -0.15) is 0 Å². The lowest BCUT2D eigenvalue weighted by Gasteiger charge is -2.05. The predicted molar refractivity (Wildman–Crippen MR) is 79.2 cm³/mol. The molecule has 2 aromatic carbocycles. The summed E-state index contributed by atoms with van der Waals surface area (Å²) in [5, 5.41) is 20.0. The van der Waals surface area contributed by atoms with Crippen LogP contribution in [0.4, 0.5) is 0 Å². The molecule has 0 aromatic heterocycles. The fraction of sp³-hybridized carbons (Fsp3) is 0.0625. The molecule has 0 radical (unpaired) electrons. The molecule has 0 saturated carbocycles.